The maximum absolute atomic E-state index is 11.5. The molecule has 1 fully saturated rings. The quantitative estimate of drug-likeness (QED) is 0.787. The molecule has 0 radical (unpaired) electrons. The molecule has 0 saturated carbocycles. The normalized spacial score (nSPS) is 20.4. The minimum atomic E-state index is -3.49. The lowest BCUT2D eigenvalue weighted by molar-refractivity contribution is 0.109. The Morgan fingerprint density at radius 1 is 1.44 bits per heavy atom. The Kier molecular flexibility index (Phi) is 4.39. The van der Waals surface area contributed by atoms with E-state index in [4.69, 9.17) is 9.15 Å². The summed E-state index contributed by atoms with van der Waals surface area (Å²) in [6.07, 6.45) is 2.45. The first-order valence-corrected chi connectivity index (χ1v) is 7.45. The highest BCUT2D eigenvalue weighted by atomic mass is 32.2. The van der Waals surface area contributed by atoms with Gasteiger partial charge in [0.15, 0.2) is 0 Å². The van der Waals surface area contributed by atoms with Crippen LogP contribution in [0.15, 0.2) is 21.6 Å². The number of furan rings is 1. The molecule has 1 aliphatic heterocycles. The number of hydrogen-bond donors (Lipinski definition) is 2. The van der Waals surface area contributed by atoms with Crippen molar-refractivity contribution >= 4 is 10.0 Å². The van der Waals surface area contributed by atoms with E-state index in [0.29, 0.717) is 12.3 Å². The second-order valence-corrected chi connectivity index (χ2v) is 6.01. The predicted molar refractivity (Wildman–Crippen MR) is 65.6 cm³/mol. The van der Waals surface area contributed by atoms with Crippen LogP contribution in [0, 0.1) is 0 Å². The Labute approximate surface area is 107 Å². The lowest BCUT2D eigenvalue weighted by Crippen LogP contribution is -2.25. The van der Waals surface area contributed by atoms with Crippen LogP contribution in [-0.4, -0.2) is 34.7 Å². The zero-order chi connectivity index (χ0) is 13.0. The fraction of sp³-hybridized carbons (Fsp3) is 0.636. The van der Waals surface area contributed by atoms with Gasteiger partial charge in [-0.15, -0.1) is 0 Å². The van der Waals surface area contributed by atoms with E-state index < -0.39 is 10.0 Å². The maximum atomic E-state index is 11.5. The van der Waals surface area contributed by atoms with Crippen molar-refractivity contribution in [2.24, 2.45) is 0 Å². The number of sulfonamides is 1. The maximum Gasteiger partial charge on any atom is 0.273 e. The van der Waals surface area contributed by atoms with Crippen LogP contribution in [0.5, 0.6) is 0 Å². The molecule has 1 aliphatic rings. The highest BCUT2D eigenvalue weighted by Crippen LogP contribution is 2.14. The van der Waals surface area contributed by atoms with Gasteiger partial charge in [0.05, 0.1) is 12.6 Å². The van der Waals surface area contributed by atoms with Gasteiger partial charge >= 0.3 is 0 Å². The van der Waals surface area contributed by atoms with Crippen molar-refractivity contribution in [3.8, 4) is 0 Å². The van der Waals surface area contributed by atoms with E-state index in [2.05, 4.69) is 10.0 Å². The average molecular weight is 274 g/mol. The minimum Gasteiger partial charge on any atom is -0.447 e. The number of nitrogens with one attached hydrogen (secondary N) is 2. The van der Waals surface area contributed by atoms with Crippen molar-refractivity contribution in [3.63, 3.8) is 0 Å². The number of hydrogen-bond acceptors (Lipinski definition) is 5. The predicted octanol–water partition coefficient (Wildman–Crippen LogP) is 0.456. The Bertz CT molecular complexity index is 477. The van der Waals surface area contributed by atoms with E-state index in [9.17, 15) is 8.42 Å². The molecule has 18 heavy (non-hydrogen) atoms. The zero-order valence-electron chi connectivity index (χ0n) is 10.3. The van der Waals surface area contributed by atoms with Gasteiger partial charge < -0.3 is 14.5 Å². The standard InChI is InChI=1S/C11H18N2O4S/c1-12-18(14,15)11-5-4-10(17-11)8-13-7-9-3-2-6-16-9/h4-5,9,12-13H,2-3,6-8H2,1H3. The molecule has 102 valence electrons. The van der Waals surface area contributed by atoms with Gasteiger partial charge in [-0.25, -0.2) is 13.1 Å². The summed E-state index contributed by atoms with van der Waals surface area (Å²) in [6.45, 7) is 2.09. The Morgan fingerprint density at radius 3 is 2.94 bits per heavy atom. The second-order valence-electron chi connectivity index (χ2n) is 4.19. The highest BCUT2D eigenvalue weighted by molar-refractivity contribution is 7.89. The monoisotopic (exact) mass is 274 g/mol. The van der Waals surface area contributed by atoms with Crippen molar-refractivity contribution in [3.05, 3.63) is 17.9 Å². The zero-order valence-corrected chi connectivity index (χ0v) is 11.1. The third-order valence-corrected chi connectivity index (χ3v) is 4.15. The van der Waals surface area contributed by atoms with E-state index in [1.165, 1.54) is 13.1 Å². The van der Waals surface area contributed by atoms with Crippen molar-refractivity contribution in [1.82, 2.24) is 10.0 Å². The molecule has 0 aliphatic carbocycles. The Hall–Kier alpha value is -0.890. The minimum absolute atomic E-state index is 0.0566. The van der Waals surface area contributed by atoms with Gasteiger partial charge in [-0.1, -0.05) is 0 Å². The first kappa shape index (κ1) is 13.5. The molecule has 0 bridgehead atoms. The van der Waals surface area contributed by atoms with Gasteiger partial charge in [0, 0.05) is 13.2 Å². The molecular formula is C11H18N2O4S. The summed E-state index contributed by atoms with van der Waals surface area (Å²) in [4.78, 5) is 0. The van der Waals surface area contributed by atoms with Crippen LogP contribution in [0.2, 0.25) is 0 Å². The second kappa shape index (κ2) is 5.83. The summed E-state index contributed by atoms with van der Waals surface area (Å²) in [7, 11) is -2.13. The van der Waals surface area contributed by atoms with E-state index in [-0.39, 0.29) is 11.2 Å². The Balaban J connectivity index is 1.83. The highest BCUT2D eigenvalue weighted by Gasteiger charge is 2.17. The average Bonchev–Trinajstić information content (AvgIpc) is 3.00. The van der Waals surface area contributed by atoms with Crippen molar-refractivity contribution in [2.45, 2.75) is 30.6 Å². The molecule has 0 aromatic carbocycles. The molecule has 0 amide bonds. The van der Waals surface area contributed by atoms with Gasteiger partial charge in [-0.05, 0) is 32.0 Å². The Morgan fingerprint density at radius 2 is 2.28 bits per heavy atom. The van der Waals surface area contributed by atoms with Gasteiger partial charge in [0.2, 0.25) is 5.09 Å². The molecule has 1 aromatic rings. The van der Waals surface area contributed by atoms with Crippen molar-refractivity contribution in [1.29, 1.82) is 0 Å². The molecule has 1 atom stereocenters. The van der Waals surface area contributed by atoms with E-state index in [0.717, 1.165) is 26.0 Å². The molecule has 2 heterocycles. The summed E-state index contributed by atoms with van der Waals surface area (Å²) in [5.74, 6) is 0.599. The largest absolute Gasteiger partial charge is 0.447 e. The van der Waals surface area contributed by atoms with Crippen molar-refractivity contribution < 1.29 is 17.6 Å². The molecule has 2 N–H and O–H groups in total. The molecule has 0 spiro atoms. The third kappa shape index (κ3) is 3.32. The summed E-state index contributed by atoms with van der Waals surface area (Å²) in [5.41, 5.74) is 0. The van der Waals surface area contributed by atoms with Crippen LogP contribution in [-0.2, 0) is 21.3 Å². The fourth-order valence-corrected chi connectivity index (χ4v) is 2.53. The molecular weight excluding hydrogens is 256 g/mol. The molecule has 7 heteroatoms. The summed E-state index contributed by atoms with van der Waals surface area (Å²) >= 11 is 0. The van der Waals surface area contributed by atoms with E-state index in [1.807, 2.05) is 0 Å². The van der Waals surface area contributed by atoms with Crippen molar-refractivity contribution in [2.75, 3.05) is 20.2 Å². The summed E-state index contributed by atoms with van der Waals surface area (Å²) < 4.78 is 35.8. The van der Waals surface area contributed by atoms with Gasteiger partial charge in [0.25, 0.3) is 10.0 Å². The molecule has 1 saturated heterocycles. The van der Waals surface area contributed by atoms with Crippen LogP contribution in [0.3, 0.4) is 0 Å². The SMILES string of the molecule is CNS(=O)(=O)c1ccc(CNCC2CCCO2)o1. The fourth-order valence-electron chi connectivity index (χ4n) is 1.86. The lowest BCUT2D eigenvalue weighted by atomic mass is 10.2. The number of ether oxygens (including phenoxy) is 1. The van der Waals surface area contributed by atoms with Gasteiger partial charge in [-0.2, -0.15) is 0 Å². The molecule has 6 nitrogen and oxygen atoms in total. The lowest BCUT2D eigenvalue weighted by Gasteiger charge is -2.09. The van der Waals surface area contributed by atoms with Crippen LogP contribution in [0.1, 0.15) is 18.6 Å². The third-order valence-electron chi connectivity index (χ3n) is 2.87. The van der Waals surface area contributed by atoms with Crippen LogP contribution >= 0.6 is 0 Å². The summed E-state index contributed by atoms with van der Waals surface area (Å²) in [5, 5.41) is 3.14. The smallest absolute Gasteiger partial charge is 0.273 e. The van der Waals surface area contributed by atoms with Gasteiger partial charge in [0.1, 0.15) is 5.76 Å². The molecule has 2 rings (SSSR count). The number of rotatable bonds is 6. The van der Waals surface area contributed by atoms with Crippen LogP contribution in [0.4, 0.5) is 0 Å². The first-order valence-electron chi connectivity index (χ1n) is 5.96. The van der Waals surface area contributed by atoms with E-state index in [1.54, 1.807) is 6.07 Å². The molecule has 1 aromatic heterocycles. The van der Waals surface area contributed by atoms with Crippen LogP contribution < -0.4 is 10.0 Å². The van der Waals surface area contributed by atoms with Gasteiger partial charge in [-0.3, -0.25) is 0 Å². The topological polar surface area (TPSA) is 80.6 Å². The summed E-state index contributed by atoms with van der Waals surface area (Å²) in [6, 6.07) is 3.11. The molecule has 1 unspecified atom stereocenters. The van der Waals surface area contributed by atoms with E-state index >= 15 is 0 Å². The first-order chi connectivity index (χ1) is 8.62. The van der Waals surface area contributed by atoms with Crippen LogP contribution in [0.25, 0.3) is 0 Å².